The Morgan fingerprint density at radius 1 is 1.40 bits per heavy atom. The van der Waals surface area contributed by atoms with E-state index in [2.05, 4.69) is 45.4 Å². The zero-order valence-electron chi connectivity index (χ0n) is 11.6. The highest BCUT2D eigenvalue weighted by Crippen LogP contribution is 2.27. The summed E-state index contributed by atoms with van der Waals surface area (Å²) in [5.74, 6) is 0. The van der Waals surface area contributed by atoms with Crippen LogP contribution in [0.5, 0.6) is 0 Å². The second-order valence-corrected chi connectivity index (χ2v) is 7.80. The number of hydrogen-bond acceptors (Lipinski definition) is 3. The molecule has 0 spiro atoms. The summed E-state index contributed by atoms with van der Waals surface area (Å²) in [6.07, 6.45) is 0.827. The Bertz CT molecular complexity index is 583. The van der Waals surface area contributed by atoms with Gasteiger partial charge in [-0.1, -0.05) is 11.6 Å². The number of nitrogens with zero attached hydrogens (tertiary/aromatic N) is 1. The van der Waals surface area contributed by atoms with Crippen LogP contribution in [0.25, 0.3) is 0 Å². The summed E-state index contributed by atoms with van der Waals surface area (Å²) < 4.78 is 1.16. The summed E-state index contributed by atoms with van der Waals surface area (Å²) in [7, 11) is 2.10. The molecular formula is C15H18BrClN2S. The fourth-order valence-electron chi connectivity index (χ4n) is 2.22. The molecule has 0 radical (unpaired) electrons. The smallest absolute Gasteiger partial charge is 0.0701 e. The van der Waals surface area contributed by atoms with E-state index in [-0.39, 0.29) is 6.04 Å². The van der Waals surface area contributed by atoms with E-state index in [0.29, 0.717) is 0 Å². The molecule has 1 aromatic heterocycles. The molecule has 0 aliphatic rings. The average molecular weight is 374 g/mol. The van der Waals surface area contributed by atoms with Gasteiger partial charge in [-0.3, -0.25) is 0 Å². The summed E-state index contributed by atoms with van der Waals surface area (Å²) in [6, 6.07) is 8.29. The molecule has 0 amide bonds. The van der Waals surface area contributed by atoms with Crippen molar-refractivity contribution in [2.75, 3.05) is 11.9 Å². The second kappa shape index (κ2) is 6.94. The first-order chi connectivity index (χ1) is 9.45. The van der Waals surface area contributed by atoms with E-state index < -0.39 is 0 Å². The van der Waals surface area contributed by atoms with Crippen LogP contribution >= 0.6 is 38.9 Å². The summed E-state index contributed by atoms with van der Waals surface area (Å²) >= 11 is 11.3. The molecule has 2 N–H and O–H groups in total. The Hall–Kier alpha value is -0.550. The van der Waals surface area contributed by atoms with Crippen molar-refractivity contribution in [2.45, 2.75) is 25.9 Å². The number of nitrogens with two attached hydrogens (primary N) is 1. The third kappa shape index (κ3) is 4.22. The highest BCUT2D eigenvalue weighted by Gasteiger charge is 2.11. The highest BCUT2D eigenvalue weighted by atomic mass is 79.9. The van der Waals surface area contributed by atoms with Gasteiger partial charge in [0.15, 0.2) is 0 Å². The van der Waals surface area contributed by atoms with Gasteiger partial charge in [0.25, 0.3) is 0 Å². The molecule has 5 heteroatoms. The molecule has 1 heterocycles. The highest BCUT2D eigenvalue weighted by molar-refractivity contribution is 9.11. The zero-order valence-corrected chi connectivity index (χ0v) is 14.7. The van der Waals surface area contributed by atoms with Crippen molar-refractivity contribution in [3.8, 4) is 0 Å². The van der Waals surface area contributed by atoms with Crippen molar-refractivity contribution >= 4 is 44.6 Å². The fourth-order valence-corrected chi connectivity index (χ4v) is 3.62. The lowest BCUT2D eigenvalue weighted by Gasteiger charge is -2.23. The zero-order chi connectivity index (χ0) is 14.7. The van der Waals surface area contributed by atoms with Gasteiger partial charge >= 0.3 is 0 Å². The van der Waals surface area contributed by atoms with Gasteiger partial charge in [-0.2, -0.15) is 0 Å². The van der Waals surface area contributed by atoms with Crippen LogP contribution < -0.4 is 10.6 Å². The molecule has 1 unspecified atom stereocenters. The molecule has 1 aromatic carbocycles. The van der Waals surface area contributed by atoms with Crippen LogP contribution in [0.3, 0.4) is 0 Å². The number of anilines is 1. The Labute approximate surface area is 137 Å². The van der Waals surface area contributed by atoms with E-state index in [1.54, 1.807) is 11.3 Å². The molecule has 2 aromatic rings. The van der Waals surface area contributed by atoms with Gasteiger partial charge < -0.3 is 10.6 Å². The van der Waals surface area contributed by atoms with Gasteiger partial charge in [0.2, 0.25) is 0 Å². The first-order valence-electron chi connectivity index (χ1n) is 6.43. The van der Waals surface area contributed by atoms with Gasteiger partial charge in [-0.25, -0.2) is 0 Å². The average Bonchev–Trinajstić information content (AvgIpc) is 2.73. The lowest BCUT2D eigenvalue weighted by atomic mass is 10.0. The van der Waals surface area contributed by atoms with E-state index >= 15 is 0 Å². The topological polar surface area (TPSA) is 29.3 Å². The van der Waals surface area contributed by atoms with Gasteiger partial charge in [0, 0.05) is 30.3 Å². The van der Waals surface area contributed by atoms with E-state index in [9.17, 15) is 0 Å². The summed E-state index contributed by atoms with van der Waals surface area (Å²) in [5.41, 5.74) is 9.62. The quantitative estimate of drug-likeness (QED) is 0.823. The van der Waals surface area contributed by atoms with Crippen LogP contribution in [0.2, 0.25) is 5.02 Å². The minimum atomic E-state index is 0.121. The van der Waals surface area contributed by atoms with Crippen molar-refractivity contribution in [1.29, 1.82) is 0 Å². The van der Waals surface area contributed by atoms with Crippen molar-refractivity contribution in [3.05, 3.63) is 49.6 Å². The maximum Gasteiger partial charge on any atom is 0.0701 e. The van der Waals surface area contributed by atoms with E-state index in [1.165, 1.54) is 16.8 Å². The normalized spacial score (nSPS) is 12.4. The van der Waals surface area contributed by atoms with Crippen molar-refractivity contribution in [2.24, 2.45) is 5.73 Å². The third-order valence-electron chi connectivity index (χ3n) is 3.04. The molecule has 108 valence electrons. The monoisotopic (exact) mass is 372 g/mol. The number of rotatable bonds is 5. The Kier molecular flexibility index (Phi) is 5.49. The fraction of sp³-hybridized carbons (Fsp3) is 0.333. The Morgan fingerprint density at radius 3 is 2.75 bits per heavy atom. The standard InChI is InChI=1S/C15H18BrClN2S/c1-10(18)5-12-7-13(17)3-4-14(12)19(2)8-11-6-15(16)20-9-11/h3-4,6-7,9-10H,5,8,18H2,1-2H3. The lowest BCUT2D eigenvalue weighted by Crippen LogP contribution is -2.22. The largest absolute Gasteiger partial charge is 0.370 e. The van der Waals surface area contributed by atoms with E-state index in [0.717, 1.165) is 21.8 Å². The summed E-state index contributed by atoms with van der Waals surface area (Å²) in [6.45, 7) is 2.89. The predicted octanol–water partition coefficient (Wildman–Crippen LogP) is 4.69. The van der Waals surface area contributed by atoms with Crippen LogP contribution in [0, 0.1) is 0 Å². The minimum absolute atomic E-state index is 0.121. The molecule has 0 bridgehead atoms. The van der Waals surface area contributed by atoms with Gasteiger partial charge in [0.1, 0.15) is 0 Å². The van der Waals surface area contributed by atoms with Gasteiger partial charge in [0.05, 0.1) is 3.79 Å². The number of halogens is 2. The van der Waals surface area contributed by atoms with Crippen LogP contribution in [0.4, 0.5) is 5.69 Å². The first kappa shape index (κ1) is 15.8. The van der Waals surface area contributed by atoms with Crippen LogP contribution in [-0.2, 0) is 13.0 Å². The maximum absolute atomic E-state index is 6.10. The lowest BCUT2D eigenvalue weighted by molar-refractivity contribution is 0.734. The van der Waals surface area contributed by atoms with E-state index in [4.69, 9.17) is 17.3 Å². The van der Waals surface area contributed by atoms with Gasteiger partial charge in [-0.15, -0.1) is 11.3 Å². The van der Waals surface area contributed by atoms with Crippen molar-refractivity contribution in [1.82, 2.24) is 0 Å². The predicted molar refractivity (Wildman–Crippen MR) is 92.9 cm³/mol. The van der Waals surface area contributed by atoms with E-state index in [1.807, 2.05) is 19.1 Å². The summed E-state index contributed by atoms with van der Waals surface area (Å²) in [4.78, 5) is 2.24. The summed E-state index contributed by atoms with van der Waals surface area (Å²) in [5, 5.41) is 2.93. The third-order valence-corrected chi connectivity index (χ3v) is 4.82. The molecule has 2 nitrogen and oxygen atoms in total. The minimum Gasteiger partial charge on any atom is -0.370 e. The number of hydrogen-bond donors (Lipinski definition) is 1. The molecule has 0 aliphatic carbocycles. The molecule has 0 aliphatic heterocycles. The SMILES string of the molecule is CC(N)Cc1cc(Cl)ccc1N(C)Cc1csc(Br)c1. The molecular weight excluding hydrogens is 356 g/mol. The van der Waals surface area contributed by atoms with Crippen LogP contribution in [0.1, 0.15) is 18.1 Å². The first-order valence-corrected chi connectivity index (χ1v) is 8.49. The molecule has 2 rings (SSSR count). The molecule has 1 atom stereocenters. The maximum atomic E-state index is 6.10. The van der Waals surface area contributed by atoms with Crippen molar-refractivity contribution < 1.29 is 0 Å². The molecule has 20 heavy (non-hydrogen) atoms. The Balaban J connectivity index is 2.21. The van der Waals surface area contributed by atoms with Crippen LogP contribution in [0.15, 0.2) is 33.4 Å². The molecule has 0 saturated heterocycles. The Morgan fingerprint density at radius 2 is 2.15 bits per heavy atom. The van der Waals surface area contributed by atoms with Crippen molar-refractivity contribution in [3.63, 3.8) is 0 Å². The van der Waals surface area contributed by atoms with Gasteiger partial charge in [-0.05, 0) is 70.0 Å². The second-order valence-electron chi connectivity index (χ2n) is 5.07. The number of thiophene rings is 1. The molecule has 0 fully saturated rings. The molecule has 0 saturated carbocycles. The van der Waals surface area contributed by atoms with Crippen LogP contribution in [-0.4, -0.2) is 13.1 Å². The number of benzene rings is 1.